The van der Waals surface area contributed by atoms with Crippen molar-refractivity contribution in [2.75, 3.05) is 6.61 Å². The average molecular weight is 446 g/mol. The van der Waals surface area contributed by atoms with Gasteiger partial charge in [-0.15, -0.1) is 0 Å². The van der Waals surface area contributed by atoms with Crippen LogP contribution in [-0.4, -0.2) is 85.4 Å². The van der Waals surface area contributed by atoms with Gasteiger partial charge in [-0.3, -0.25) is 14.3 Å². The number of hydrogen-bond acceptors (Lipinski definition) is 10. The number of aromatic nitrogens is 2. The number of azide groups is 1. The van der Waals surface area contributed by atoms with Crippen LogP contribution in [0.15, 0.2) is 20.9 Å². The van der Waals surface area contributed by atoms with Gasteiger partial charge in [-0.05, 0) is 12.4 Å². The van der Waals surface area contributed by atoms with Crippen molar-refractivity contribution in [2.45, 2.75) is 62.4 Å². The summed E-state index contributed by atoms with van der Waals surface area (Å²) in [5.74, 6) is -1.61. The molecule has 0 amide bonds. The maximum Gasteiger partial charge on any atom is 0.335 e. The van der Waals surface area contributed by atoms with Gasteiger partial charge in [0.1, 0.15) is 24.5 Å². The summed E-state index contributed by atoms with van der Waals surface area (Å²) in [6.45, 7) is -3.31. The molecule has 5 N–H and O–H groups in total. The van der Waals surface area contributed by atoms with Gasteiger partial charge in [-0.1, -0.05) is 5.11 Å². The van der Waals surface area contributed by atoms with Crippen molar-refractivity contribution in [1.29, 1.82) is 0 Å². The Morgan fingerprint density at radius 3 is 2.77 bits per heavy atom. The quantitative estimate of drug-likeness (QED) is 0.178. The number of aliphatic hydroxyl groups excluding tert-OH is 3. The molecule has 1 aromatic heterocycles. The highest BCUT2D eigenvalue weighted by Crippen LogP contribution is 2.31. The van der Waals surface area contributed by atoms with Gasteiger partial charge in [0.2, 0.25) is 0 Å². The van der Waals surface area contributed by atoms with Gasteiger partial charge in [0.15, 0.2) is 12.4 Å². The average Bonchev–Trinajstić information content (AvgIpc) is 3.13. The van der Waals surface area contributed by atoms with E-state index in [1.165, 1.54) is 0 Å². The smallest absolute Gasteiger partial charge is 0.335 e. The third kappa shape index (κ3) is 4.62. The fraction of sp³-hybridized carbons (Fsp3) is 0.688. The summed E-state index contributed by atoms with van der Waals surface area (Å²) in [7, 11) is 0. The van der Waals surface area contributed by atoms with E-state index in [4.69, 9.17) is 29.0 Å². The molecule has 3 heterocycles. The lowest BCUT2D eigenvalue weighted by Gasteiger charge is -2.38. The Morgan fingerprint density at radius 2 is 2.13 bits per heavy atom. The minimum absolute atomic E-state index is 0.127. The van der Waals surface area contributed by atoms with E-state index in [2.05, 4.69) is 10.0 Å². The molecule has 2 fully saturated rings. The van der Waals surface area contributed by atoms with Gasteiger partial charge in [0, 0.05) is 27.2 Å². The predicted molar refractivity (Wildman–Crippen MR) is 97.8 cm³/mol. The first kappa shape index (κ1) is 18.9. The van der Waals surface area contributed by atoms with Crippen molar-refractivity contribution < 1.29 is 43.5 Å². The molecule has 8 unspecified atom stereocenters. The summed E-state index contributed by atoms with van der Waals surface area (Å²) >= 11 is 0. The molecule has 0 radical (unpaired) electrons. The lowest BCUT2D eigenvalue weighted by molar-refractivity contribution is -0.298. The van der Waals surface area contributed by atoms with Gasteiger partial charge in [0.25, 0.3) is 5.56 Å². The predicted octanol–water partition coefficient (Wildman–Crippen LogP) is -2.28. The molecule has 2 aliphatic rings. The number of carboxylic acid groups (broad SMARTS) is 1. The number of nitrogens with one attached hydrogen (secondary N) is 1. The van der Waals surface area contributed by atoms with Crippen LogP contribution in [0.5, 0.6) is 0 Å². The van der Waals surface area contributed by atoms with E-state index in [0.717, 1.165) is 10.8 Å². The maximum absolute atomic E-state index is 12.2. The fourth-order valence-corrected chi connectivity index (χ4v) is 3.30. The van der Waals surface area contributed by atoms with E-state index in [0.29, 0.717) is 0 Å². The van der Waals surface area contributed by atoms with Crippen molar-refractivity contribution in [3.63, 3.8) is 0 Å². The first-order valence-corrected chi connectivity index (χ1v) is 8.94. The van der Waals surface area contributed by atoms with Crippen LogP contribution in [0.25, 0.3) is 10.4 Å². The molecular weight excluding hydrogens is 422 g/mol. The standard InChI is InChI=1S/C16H21N5O10/c1-5-3-21(16(28)18-13(5)25)8-2-6(19-20-17)7(30-8)4-29-15-11(24)9(22)10(23)12(31-15)14(26)27/h3,6-12,15,22-24H,2,4H2,1H3,(H,26,27)(H,18,25,28)/i1D3. The molecule has 0 aliphatic carbocycles. The highest BCUT2D eigenvalue weighted by Gasteiger charge is 2.48. The Labute approximate surface area is 177 Å². The second kappa shape index (κ2) is 9.15. The molecule has 0 aromatic carbocycles. The van der Waals surface area contributed by atoms with Crippen molar-refractivity contribution in [3.8, 4) is 0 Å². The Bertz CT molecular complexity index is 1090. The summed E-state index contributed by atoms with van der Waals surface area (Å²) in [6, 6.07) is -0.962. The SMILES string of the molecule is [2H]C([2H])([2H])c1cn(C2CC(N=[N+]=[N-])C(COC3OC(C(=O)O)C(O)C(O)C3O)O2)c(=O)[nH]c1=O. The van der Waals surface area contributed by atoms with Crippen LogP contribution >= 0.6 is 0 Å². The molecule has 3 rings (SSSR count). The normalized spacial score (nSPS) is 37.3. The molecule has 0 spiro atoms. The number of aliphatic carboxylic acids is 1. The Hall–Kier alpha value is -2.78. The number of aromatic amines is 1. The zero-order valence-electron chi connectivity index (χ0n) is 18.6. The molecule has 2 saturated heterocycles. The first-order valence-electron chi connectivity index (χ1n) is 10.4. The van der Waals surface area contributed by atoms with Crippen LogP contribution in [0.2, 0.25) is 0 Å². The Morgan fingerprint density at radius 1 is 1.39 bits per heavy atom. The second-order valence-corrected chi connectivity index (χ2v) is 6.91. The van der Waals surface area contributed by atoms with Crippen LogP contribution < -0.4 is 11.2 Å². The third-order valence-electron chi connectivity index (χ3n) is 4.92. The monoisotopic (exact) mass is 446 g/mol. The van der Waals surface area contributed by atoms with E-state index in [9.17, 15) is 29.7 Å². The molecule has 2 aliphatic heterocycles. The number of ether oxygens (including phenoxy) is 3. The number of nitrogens with zero attached hydrogens (tertiary/aromatic N) is 4. The zero-order valence-corrected chi connectivity index (χ0v) is 15.6. The number of aryl methyl sites for hydroxylation is 1. The summed E-state index contributed by atoms with van der Waals surface area (Å²) in [5.41, 5.74) is 6.11. The molecule has 0 bridgehead atoms. The molecular formula is C16H21N5O10. The number of H-pyrrole nitrogens is 1. The largest absolute Gasteiger partial charge is 0.479 e. The van der Waals surface area contributed by atoms with Gasteiger partial charge < -0.3 is 34.6 Å². The summed E-state index contributed by atoms with van der Waals surface area (Å²) in [4.78, 5) is 39.9. The lowest BCUT2D eigenvalue weighted by Crippen LogP contribution is -2.60. The van der Waals surface area contributed by atoms with E-state index in [1.54, 1.807) is 0 Å². The molecule has 15 nitrogen and oxygen atoms in total. The Kier molecular flexibility index (Phi) is 5.59. The highest BCUT2D eigenvalue weighted by molar-refractivity contribution is 5.73. The van der Waals surface area contributed by atoms with Gasteiger partial charge in [-0.25, -0.2) is 9.59 Å². The maximum atomic E-state index is 12.2. The molecule has 170 valence electrons. The van der Waals surface area contributed by atoms with Gasteiger partial charge in [0.05, 0.1) is 18.8 Å². The zero-order chi connectivity index (χ0) is 25.4. The van der Waals surface area contributed by atoms with E-state index in [1.807, 2.05) is 4.98 Å². The van der Waals surface area contributed by atoms with Crippen molar-refractivity contribution in [1.82, 2.24) is 9.55 Å². The van der Waals surface area contributed by atoms with Crippen LogP contribution in [0, 0.1) is 6.85 Å². The van der Waals surface area contributed by atoms with Crippen molar-refractivity contribution in [3.05, 3.63) is 43.0 Å². The number of rotatable bonds is 6. The van der Waals surface area contributed by atoms with E-state index in [-0.39, 0.29) is 6.42 Å². The van der Waals surface area contributed by atoms with Crippen LogP contribution in [0.3, 0.4) is 0 Å². The van der Waals surface area contributed by atoms with Gasteiger partial charge in [-0.2, -0.15) is 0 Å². The van der Waals surface area contributed by atoms with Crippen LogP contribution in [0.4, 0.5) is 0 Å². The lowest BCUT2D eigenvalue weighted by atomic mass is 9.99. The summed E-state index contributed by atoms with van der Waals surface area (Å²) in [5, 5.41) is 42.3. The molecule has 15 heteroatoms. The van der Waals surface area contributed by atoms with Crippen molar-refractivity contribution in [2.24, 2.45) is 5.11 Å². The van der Waals surface area contributed by atoms with E-state index >= 15 is 0 Å². The molecule has 1 aromatic rings. The van der Waals surface area contributed by atoms with E-state index < -0.39 is 85.3 Å². The third-order valence-corrected chi connectivity index (χ3v) is 4.92. The number of aliphatic hydroxyl groups is 3. The van der Waals surface area contributed by atoms with Crippen LogP contribution in [0.1, 0.15) is 22.3 Å². The fourth-order valence-electron chi connectivity index (χ4n) is 3.30. The number of carboxylic acids is 1. The minimum atomic E-state index is -2.82. The molecule has 8 atom stereocenters. The highest BCUT2D eigenvalue weighted by atomic mass is 16.7. The molecule has 0 saturated carbocycles. The van der Waals surface area contributed by atoms with Crippen molar-refractivity contribution >= 4 is 5.97 Å². The Balaban J connectivity index is 1.79. The second-order valence-electron chi connectivity index (χ2n) is 6.91. The number of carbonyl (C=O) groups is 1. The topological polar surface area (TPSA) is 229 Å². The first-order chi connectivity index (χ1) is 15.8. The minimum Gasteiger partial charge on any atom is -0.479 e. The summed E-state index contributed by atoms with van der Waals surface area (Å²) < 4.78 is 39.1. The van der Waals surface area contributed by atoms with Gasteiger partial charge >= 0.3 is 11.7 Å². The summed E-state index contributed by atoms with van der Waals surface area (Å²) in [6.07, 6.45) is -10.8. The number of hydrogen-bond donors (Lipinski definition) is 5. The van der Waals surface area contributed by atoms with Crippen LogP contribution in [-0.2, 0) is 19.0 Å². The molecule has 31 heavy (non-hydrogen) atoms.